The van der Waals surface area contributed by atoms with E-state index in [-0.39, 0.29) is 31.5 Å². The number of carbonyl (C=O) groups is 1. The molecule has 1 aromatic rings. The molecule has 52 heavy (non-hydrogen) atoms. The highest BCUT2D eigenvalue weighted by Gasteiger charge is 2.66. The van der Waals surface area contributed by atoms with Crippen LogP contribution in [0.25, 0.3) is 0 Å². The summed E-state index contributed by atoms with van der Waals surface area (Å²) in [4.78, 5) is 13.4. The van der Waals surface area contributed by atoms with Gasteiger partial charge in [0.05, 0.1) is 33.0 Å². The Hall–Kier alpha value is -2.60. The Morgan fingerprint density at radius 2 is 1.63 bits per heavy atom. The number of carbonyl (C=O) groups excluding carboxylic acids is 1. The summed E-state index contributed by atoms with van der Waals surface area (Å²) in [6, 6.07) is 6.43. The summed E-state index contributed by atoms with van der Waals surface area (Å²) >= 11 is 0. The largest absolute Gasteiger partial charge is 0.497 e. The predicted molar refractivity (Wildman–Crippen MR) is 213 cm³/mol. The molecule has 0 unspecified atom stereocenters. The Balaban J connectivity index is 2.22. The van der Waals surface area contributed by atoms with E-state index in [4.69, 9.17) is 32.8 Å². The molecule has 0 aromatic heterocycles. The third kappa shape index (κ3) is 12.0. The highest BCUT2D eigenvalue weighted by Crippen LogP contribution is 2.54. The van der Waals surface area contributed by atoms with Crippen LogP contribution in [-0.4, -0.2) is 99.5 Å². The molecule has 1 aromatic carbocycles. The van der Waals surface area contributed by atoms with E-state index in [0.717, 1.165) is 5.75 Å². The number of hydrogen-bond donors (Lipinski definition) is 2. The lowest BCUT2D eigenvalue weighted by Crippen LogP contribution is -2.72. The van der Waals surface area contributed by atoms with Crippen molar-refractivity contribution in [3.05, 3.63) is 36.9 Å². The normalized spacial score (nSPS) is 23.8. The number of rotatable bonds is 13. The smallest absolute Gasteiger partial charge is 0.407 e. The molecule has 1 aliphatic heterocycles. The topological polar surface area (TPSA) is 114 Å². The van der Waals surface area contributed by atoms with Crippen molar-refractivity contribution in [2.45, 2.75) is 115 Å². The maximum Gasteiger partial charge on any atom is 0.407 e. The summed E-state index contributed by atoms with van der Waals surface area (Å²) in [6.07, 6.45) is 0.245. The minimum atomic E-state index is -2.57. The van der Waals surface area contributed by atoms with Gasteiger partial charge in [0.15, 0.2) is 20.9 Å². The first-order chi connectivity index (χ1) is 24.1. The van der Waals surface area contributed by atoms with Crippen LogP contribution in [0.2, 0.25) is 57.4 Å². The third-order valence-corrected chi connectivity index (χ3v) is 15.9. The van der Waals surface area contributed by atoms with Gasteiger partial charge in [-0.25, -0.2) is 4.79 Å². The fourth-order valence-corrected chi connectivity index (χ4v) is 8.81. The van der Waals surface area contributed by atoms with E-state index in [9.17, 15) is 9.90 Å². The molecule has 290 valence electrons. The highest BCUT2D eigenvalue weighted by atomic mass is 28.4. The number of alkyl carbamates (subject to hydrolysis) is 1. The van der Waals surface area contributed by atoms with Gasteiger partial charge in [-0.3, -0.25) is 0 Å². The molecular formula is C39H63NO9Si3. The van der Waals surface area contributed by atoms with Gasteiger partial charge in [-0.1, -0.05) is 84.5 Å². The maximum atomic E-state index is 13.4. The van der Waals surface area contributed by atoms with Gasteiger partial charge < -0.3 is 43.3 Å². The lowest BCUT2D eigenvalue weighted by molar-refractivity contribution is -0.256. The Kier molecular flexibility index (Phi) is 14.9. The zero-order valence-electron chi connectivity index (χ0n) is 33.6. The Morgan fingerprint density at radius 3 is 2.17 bits per heavy atom. The number of aliphatic hydroxyl groups excluding tert-OH is 1. The molecule has 1 saturated heterocycles. The van der Waals surface area contributed by atoms with Gasteiger partial charge >= 0.3 is 6.09 Å². The first kappa shape index (κ1) is 43.8. The number of aliphatic hydroxyl groups is 1. The van der Waals surface area contributed by atoms with E-state index in [0.29, 0.717) is 25.4 Å². The minimum absolute atomic E-state index is 0.00406. The summed E-state index contributed by atoms with van der Waals surface area (Å²) in [6.45, 7) is 28.5. The molecule has 2 aliphatic rings. The molecule has 0 bridgehead atoms. The number of ether oxygens (including phenoxy) is 6. The fourth-order valence-electron chi connectivity index (χ4n) is 6.15. The standard InChI is InChI=1S/C39H63NO9Si3/c1-14-22-45-36(42)40-35-34(33(41)20-26-50(6,7)8)32(19-23-44-29-46-31-17-15-30(43-5)16-18-31)38(21-27-51(9,10)11,28-39(35)47-24-25-48-39)49-52(12,13)37(2,3)4/h14-18,32-35,41H,1,19,22-25,28-29H2,2-13H3,(H,40,42)/t32-,33+,34-,35-,38+/m0/s1. The monoisotopic (exact) mass is 773 g/mol. The van der Waals surface area contributed by atoms with Gasteiger partial charge in [-0.2, -0.15) is 0 Å². The minimum Gasteiger partial charge on any atom is -0.497 e. The molecule has 1 amide bonds. The molecule has 10 nitrogen and oxygen atoms in total. The SMILES string of the molecule is C=CCOC(=O)N[C@H]1[C@H]([C@H](O)C#C[Si](C)(C)C)[C@H](CCOCOc2ccc(OC)cc2)[C@](C#C[Si](C)(C)C)(O[Si](C)(C)C(C)(C)C)CC12OCCO2. The van der Waals surface area contributed by atoms with Crippen LogP contribution in [0.1, 0.15) is 33.6 Å². The molecule has 1 aliphatic carbocycles. The molecule has 1 heterocycles. The van der Waals surface area contributed by atoms with Gasteiger partial charge in [-0.15, -0.1) is 11.1 Å². The van der Waals surface area contributed by atoms with Crippen molar-refractivity contribution in [3.8, 4) is 34.4 Å². The second-order valence-corrected chi connectivity index (χ2v) is 31.5. The first-order valence-corrected chi connectivity index (χ1v) is 28.1. The van der Waals surface area contributed by atoms with Crippen molar-refractivity contribution in [1.82, 2.24) is 5.32 Å². The third-order valence-electron chi connectivity index (χ3n) is 9.61. The van der Waals surface area contributed by atoms with E-state index in [2.05, 4.69) is 108 Å². The van der Waals surface area contributed by atoms with Gasteiger partial charge in [-0.05, 0) is 48.8 Å². The lowest BCUT2D eigenvalue weighted by atomic mass is 9.61. The molecule has 3 rings (SSSR count). The van der Waals surface area contributed by atoms with Crippen LogP contribution in [-0.2, 0) is 23.4 Å². The summed E-state index contributed by atoms with van der Waals surface area (Å²) in [5.41, 5.74) is 5.85. The van der Waals surface area contributed by atoms with Gasteiger partial charge in [0.1, 0.15) is 46.0 Å². The summed E-state index contributed by atoms with van der Waals surface area (Å²) < 4.78 is 43.3. The number of benzene rings is 1. The Labute approximate surface area is 315 Å². The van der Waals surface area contributed by atoms with E-state index >= 15 is 0 Å². The Morgan fingerprint density at radius 1 is 1.04 bits per heavy atom. The quantitative estimate of drug-likeness (QED) is 0.0721. The first-order valence-electron chi connectivity index (χ1n) is 18.2. The molecule has 0 radical (unpaired) electrons. The fraction of sp³-hybridized carbons (Fsp3) is 0.667. The number of hydrogen-bond acceptors (Lipinski definition) is 9. The van der Waals surface area contributed by atoms with Crippen molar-refractivity contribution in [1.29, 1.82) is 0 Å². The summed E-state index contributed by atoms with van der Waals surface area (Å²) in [7, 11) is -4.86. The molecule has 2 N–H and O–H groups in total. The Bertz CT molecular complexity index is 1470. The van der Waals surface area contributed by atoms with Crippen molar-refractivity contribution >= 4 is 30.6 Å². The average Bonchev–Trinajstić information content (AvgIpc) is 3.51. The molecule has 1 saturated carbocycles. The second-order valence-electron chi connectivity index (χ2n) is 17.2. The van der Waals surface area contributed by atoms with Crippen LogP contribution in [0.5, 0.6) is 11.5 Å². The van der Waals surface area contributed by atoms with Crippen LogP contribution in [0.4, 0.5) is 4.79 Å². The van der Waals surface area contributed by atoms with Gasteiger partial charge in [0.25, 0.3) is 0 Å². The molecule has 1 spiro atoms. The number of nitrogens with one attached hydrogen (secondary N) is 1. The van der Waals surface area contributed by atoms with Crippen LogP contribution in [0.15, 0.2) is 36.9 Å². The molecular weight excluding hydrogens is 711 g/mol. The summed E-state index contributed by atoms with van der Waals surface area (Å²) in [5.74, 6) is 5.67. The number of methoxy groups -OCH3 is 1. The van der Waals surface area contributed by atoms with E-state index in [1.54, 1.807) is 7.11 Å². The average molecular weight is 774 g/mol. The molecule has 2 fully saturated rings. The van der Waals surface area contributed by atoms with Crippen molar-refractivity contribution in [2.24, 2.45) is 11.8 Å². The van der Waals surface area contributed by atoms with Gasteiger partial charge in [0.2, 0.25) is 0 Å². The van der Waals surface area contributed by atoms with E-state index in [1.807, 2.05) is 24.3 Å². The zero-order valence-corrected chi connectivity index (χ0v) is 36.6. The highest BCUT2D eigenvalue weighted by molar-refractivity contribution is 6.84. The second kappa shape index (κ2) is 17.7. The van der Waals surface area contributed by atoms with E-state index < -0.39 is 65.9 Å². The van der Waals surface area contributed by atoms with Crippen molar-refractivity contribution in [3.63, 3.8) is 0 Å². The van der Waals surface area contributed by atoms with Crippen LogP contribution >= 0.6 is 0 Å². The lowest BCUT2D eigenvalue weighted by Gasteiger charge is -2.58. The maximum absolute atomic E-state index is 13.4. The molecule has 13 heteroatoms. The molecule has 5 atom stereocenters. The van der Waals surface area contributed by atoms with E-state index in [1.165, 1.54) is 6.08 Å². The van der Waals surface area contributed by atoms with Crippen molar-refractivity contribution in [2.75, 3.05) is 40.3 Å². The van der Waals surface area contributed by atoms with Gasteiger partial charge in [0, 0.05) is 18.3 Å². The zero-order chi connectivity index (χ0) is 39.0. The van der Waals surface area contributed by atoms with Crippen LogP contribution in [0, 0.1) is 34.8 Å². The summed E-state index contributed by atoms with van der Waals surface area (Å²) in [5, 5.41) is 15.2. The number of amides is 1. The predicted octanol–water partition coefficient (Wildman–Crippen LogP) is 6.98. The van der Waals surface area contributed by atoms with Crippen LogP contribution in [0.3, 0.4) is 0 Å². The van der Waals surface area contributed by atoms with Crippen molar-refractivity contribution < 1.29 is 42.7 Å². The van der Waals surface area contributed by atoms with Crippen LogP contribution < -0.4 is 14.8 Å².